The van der Waals surface area contributed by atoms with Crippen LogP contribution in [0.2, 0.25) is 0 Å². The second-order valence-electron chi connectivity index (χ2n) is 4.67. The highest BCUT2D eigenvalue weighted by molar-refractivity contribution is 5.73. The highest BCUT2D eigenvalue weighted by Gasteiger charge is 2.22. The number of hydrogen-bond donors (Lipinski definition) is 1. The number of likely N-dealkylation sites (tertiary alicyclic amines) is 1. The Morgan fingerprint density at radius 1 is 1.44 bits per heavy atom. The summed E-state index contributed by atoms with van der Waals surface area (Å²) in [6.45, 7) is 5.74. The first-order valence-corrected chi connectivity index (χ1v) is 6.25. The number of piperidine rings is 1. The maximum absolute atomic E-state index is 11.2. The molecule has 1 aliphatic heterocycles. The summed E-state index contributed by atoms with van der Waals surface area (Å²) in [6.07, 6.45) is 3.44. The van der Waals surface area contributed by atoms with Gasteiger partial charge < -0.3 is 15.1 Å². The molecule has 1 fully saturated rings. The van der Waals surface area contributed by atoms with Gasteiger partial charge in [-0.05, 0) is 46.4 Å². The molecule has 4 heteroatoms. The third-order valence-corrected chi connectivity index (χ3v) is 3.47. The summed E-state index contributed by atoms with van der Waals surface area (Å²) in [5.74, 6) is 0.219. The summed E-state index contributed by atoms with van der Waals surface area (Å²) in [5, 5.41) is 3.17. The van der Waals surface area contributed by atoms with Crippen molar-refractivity contribution in [1.82, 2.24) is 15.1 Å². The largest absolute Gasteiger partial charge is 0.343 e. The van der Waals surface area contributed by atoms with Gasteiger partial charge in [0.15, 0.2) is 0 Å². The summed E-state index contributed by atoms with van der Waals surface area (Å²) in [7, 11) is 4.19. The molecule has 16 heavy (non-hydrogen) atoms. The van der Waals surface area contributed by atoms with Crippen LogP contribution in [0.25, 0.3) is 0 Å². The van der Waals surface area contributed by atoms with E-state index >= 15 is 0 Å². The maximum Gasteiger partial charge on any atom is 0.219 e. The predicted octanol–water partition coefficient (Wildman–Crippen LogP) is 0.539. The van der Waals surface area contributed by atoms with Crippen molar-refractivity contribution in [3.8, 4) is 0 Å². The molecule has 1 saturated heterocycles. The number of nitrogens with one attached hydrogen (secondary N) is 1. The molecule has 1 aliphatic rings. The third-order valence-electron chi connectivity index (χ3n) is 3.47. The average molecular weight is 227 g/mol. The zero-order valence-corrected chi connectivity index (χ0v) is 10.8. The lowest BCUT2D eigenvalue weighted by Gasteiger charge is -2.36. The van der Waals surface area contributed by atoms with Gasteiger partial charge in [0.25, 0.3) is 0 Å². The number of nitrogens with zero attached hydrogens (tertiary/aromatic N) is 2. The van der Waals surface area contributed by atoms with Gasteiger partial charge in [-0.2, -0.15) is 0 Å². The van der Waals surface area contributed by atoms with Crippen molar-refractivity contribution in [3.63, 3.8) is 0 Å². The summed E-state index contributed by atoms with van der Waals surface area (Å²) in [5.41, 5.74) is 0. The van der Waals surface area contributed by atoms with Crippen LogP contribution in [0.5, 0.6) is 0 Å². The van der Waals surface area contributed by atoms with Crippen molar-refractivity contribution in [2.75, 3.05) is 40.3 Å². The molecule has 1 N–H and O–H groups in total. The zero-order chi connectivity index (χ0) is 12.0. The van der Waals surface area contributed by atoms with Crippen molar-refractivity contribution in [2.24, 2.45) is 0 Å². The van der Waals surface area contributed by atoms with E-state index in [4.69, 9.17) is 0 Å². The van der Waals surface area contributed by atoms with E-state index < -0.39 is 0 Å². The van der Waals surface area contributed by atoms with Crippen LogP contribution in [0.3, 0.4) is 0 Å². The standard InChI is InChI=1S/C12H25N3O/c1-11(16)15-9-5-12(6-10-15)14(3)8-4-7-13-2/h12-13H,4-10H2,1-3H3. The summed E-state index contributed by atoms with van der Waals surface area (Å²) < 4.78 is 0. The van der Waals surface area contributed by atoms with Crippen LogP contribution >= 0.6 is 0 Å². The first-order valence-electron chi connectivity index (χ1n) is 6.25. The second kappa shape index (κ2) is 6.86. The molecule has 0 aromatic heterocycles. The van der Waals surface area contributed by atoms with E-state index in [0.29, 0.717) is 6.04 Å². The molecule has 0 saturated carbocycles. The molecule has 0 bridgehead atoms. The molecule has 0 aliphatic carbocycles. The molecule has 1 rings (SSSR count). The Hall–Kier alpha value is -0.610. The van der Waals surface area contributed by atoms with E-state index in [-0.39, 0.29) is 5.91 Å². The van der Waals surface area contributed by atoms with E-state index in [1.807, 2.05) is 11.9 Å². The molecule has 0 aromatic carbocycles. The Morgan fingerprint density at radius 3 is 2.56 bits per heavy atom. The smallest absolute Gasteiger partial charge is 0.219 e. The second-order valence-corrected chi connectivity index (χ2v) is 4.67. The lowest BCUT2D eigenvalue weighted by molar-refractivity contribution is -0.130. The summed E-state index contributed by atoms with van der Waals surface area (Å²) in [6, 6.07) is 0.660. The summed E-state index contributed by atoms with van der Waals surface area (Å²) in [4.78, 5) is 15.6. The Bertz CT molecular complexity index is 212. The minimum absolute atomic E-state index is 0.219. The van der Waals surface area contributed by atoms with E-state index in [9.17, 15) is 4.79 Å². The van der Waals surface area contributed by atoms with Crippen molar-refractivity contribution >= 4 is 5.91 Å². The number of carbonyl (C=O) groups is 1. The normalized spacial score (nSPS) is 18.1. The molecule has 94 valence electrons. The minimum Gasteiger partial charge on any atom is -0.343 e. The van der Waals surface area contributed by atoms with E-state index in [1.165, 1.54) is 6.42 Å². The Morgan fingerprint density at radius 2 is 2.06 bits per heavy atom. The van der Waals surface area contributed by atoms with Gasteiger partial charge in [-0.15, -0.1) is 0 Å². The van der Waals surface area contributed by atoms with Gasteiger partial charge in [-0.1, -0.05) is 0 Å². The zero-order valence-electron chi connectivity index (χ0n) is 10.8. The third kappa shape index (κ3) is 4.10. The number of hydrogen-bond acceptors (Lipinski definition) is 3. The molecule has 1 amide bonds. The molecule has 1 heterocycles. The fourth-order valence-electron chi connectivity index (χ4n) is 2.31. The van der Waals surface area contributed by atoms with Crippen LogP contribution in [0.1, 0.15) is 26.2 Å². The molecule has 0 aromatic rings. The van der Waals surface area contributed by atoms with Crippen molar-refractivity contribution < 1.29 is 4.79 Å². The molecular weight excluding hydrogens is 202 g/mol. The highest BCUT2D eigenvalue weighted by atomic mass is 16.2. The number of amides is 1. The summed E-state index contributed by atoms with van der Waals surface area (Å²) >= 11 is 0. The highest BCUT2D eigenvalue weighted by Crippen LogP contribution is 2.15. The molecule has 0 atom stereocenters. The van der Waals surface area contributed by atoms with Gasteiger partial charge in [0.1, 0.15) is 0 Å². The molecule has 0 radical (unpaired) electrons. The van der Waals surface area contributed by atoms with Crippen LogP contribution in [-0.4, -0.2) is 62.0 Å². The van der Waals surface area contributed by atoms with Gasteiger partial charge in [0, 0.05) is 26.1 Å². The fraction of sp³-hybridized carbons (Fsp3) is 0.917. The lowest BCUT2D eigenvalue weighted by atomic mass is 10.0. The minimum atomic E-state index is 0.219. The topological polar surface area (TPSA) is 35.6 Å². The van der Waals surface area contributed by atoms with E-state index in [1.54, 1.807) is 6.92 Å². The van der Waals surface area contributed by atoms with Gasteiger partial charge in [-0.3, -0.25) is 4.79 Å². The van der Waals surface area contributed by atoms with Crippen LogP contribution in [0.4, 0.5) is 0 Å². The molecule has 0 unspecified atom stereocenters. The Balaban J connectivity index is 2.22. The van der Waals surface area contributed by atoms with Gasteiger partial charge in [-0.25, -0.2) is 0 Å². The predicted molar refractivity (Wildman–Crippen MR) is 66.4 cm³/mol. The lowest BCUT2D eigenvalue weighted by Crippen LogP contribution is -2.45. The van der Waals surface area contributed by atoms with Gasteiger partial charge >= 0.3 is 0 Å². The fourth-order valence-corrected chi connectivity index (χ4v) is 2.31. The Labute approximate surface area is 99.0 Å². The monoisotopic (exact) mass is 227 g/mol. The Kier molecular flexibility index (Phi) is 5.77. The number of rotatable bonds is 5. The molecular formula is C12H25N3O. The average Bonchev–Trinajstić information content (AvgIpc) is 2.29. The van der Waals surface area contributed by atoms with Crippen LogP contribution in [0, 0.1) is 0 Å². The molecule has 0 spiro atoms. The SMILES string of the molecule is CNCCCN(C)C1CCN(C(C)=O)CC1. The maximum atomic E-state index is 11.2. The van der Waals surface area contributed by atoms with E-state index in [0.717, 1.165) is 39.0 Å². The van der Waals surface area contributed by atoms with E-state index in [2.05, 4.69) is 17.3 Å². The van der Waals surface area contributed by atoms with Crippen LogP contribution < -0.4 is 5.32 Å². The number of carbonyl (C=O) groups excluding carboxylic acids is 1. The van der Waals surface area contributed by atoms with Crippen molar-refractivity contribution in [3.05, 3.63) is 0 Å². The van der Waals surface area contributed by atoms with Crippen LogP contribution in [0.15, 0.2) is 0 Å². The van der Waals surface area contributed by atoms with Gasteiger partial charge in [0.05, 0.1) is 0 Å². The van der Waals surface area contributed by atoms with Gasteiger partial charge in [0.2, 0.25) is 5.91 Å². The first kappa shape index (κ1) is 13.5. The van der Waals surface area contributed by atoms with Crippen molar-refractivity contribution in [2.45, 2.75) is 32.2 Å². The first-order chi connectivity index (χ1) is 7.65. The van der Waals surface area contributed by atoms with Crippen molar-refractivity contribution in [1.29, 1.82) is 0 Å². The quantitative estimate of drug-likeness (QED) is 0.696. The van der Waals surface area contributed by atoms with Crippen LogP contribution in [-0.2, 0) is 4.79 Å². The molecule has 4 nitrogen and oxygen atoms in total.